The van der Waals surface area contributed by atoms with E-state index >= 15 is 0 Å². The molecule has 5 aromatic rings. The van der Waals surface area contributed by atoms with E-state index in [9.17, 15) is 50.6 Å². The standard InChI is InChI=1S/C31H24F6N6O5/c1-3-22(31(35,36)37)40-18-12-17(32)23(25(34)24(18)33)27(44)41-19(29(46)47)11-14-6-7-20(26-15(14)5-4-9-39-26)43-28(45)16-8-10-38-13-21(16)42(2)30(43)48/h4-10,12-13,19,22,40H,3,11H2,1-2H3,(H,41,44)(H,46,47)/t19-,22+/m0/s1. The molecule has 17 heteroatoms. The first-order valence-electron chi connectivity index (χ1n) is 14.1. The van der Waals surface area contributed by atoms with Crippen LogP contribution in [0.5, 0.6) is 0 Å². The van der Waals surface area contributed by atoms with Crippen LogP contribution in [0.1, 0.15) is 29.3 Å². The average molecular weight is 675 g/mol. The third-order valence-corrected chi connectivity index (χ3v) is 7.70. The quantitative estimate of drug-likeness (QED) is 0.156. The number of aryl methyl sites for hydroxylation is 1. The number of nitrogens with zero attached hydrogens (tertiary/aromatic N) is 4. The van der Waals surface area contributed by atoms with E-state index in [1.807, 2.05) is 5.32 Å². The number of halogens is 6. The van der Waals surface area contributed by atoms with Crippen LogP contribution in [-0.4, -0.2) is 54.3 Å². The van der Waals surface area contributed by atoms with E-state index < -0.39 is 82.9 Å². The van der Waals surface area contributed by atoms with E-state index in [0.717, 1.165) is 11.5 Å². The van der Waals surface area contributed by atoms with Crippen molar-refractivity contribution in [2.75, 3.05) is 5.32 Å². The summed E-state index contributed by atoms with van der Waals surface area (Å²) in [5.74, 6) is -9.20. The van der Waals surface area contributed by atoms with Crippen molar-refractivity contribution < 1.29 is 41.0 Å². The van der Waals surface area contributed by atoms with Gasteiger partial charge in [0.25, 0.3) is 11.5 Å². The summed E-state index contributed by atoms with van der Waals surface area (Å²) in [7, 11) is 1.44. The van der Waals surface area contributed by atoms with Crippen LogP contribution < -0.4 is 21.9 Å². The van der Waals surface area contributed by atoms with Gasteiger partial charge in [0.15, 0.2) is 11.6 Å². The molecule has 0 aliphatic rings. The number of nitrogens with one attached hydrogen (secondary N) is 2. The summed E-state index contributed by atoms with van der Waals surface area (Å²) in [4.78, 5) is 60.0. The lowest BCUT2D eigenvalue weighted by Crippen LogP contribution is -2.43. The van der Waals surface area contributed by atoms with Crippen LogP contribution in [0.4, 0.5) is 32.0 Å². The van der Waals surface area contributed by atoms with Crippen molar-refractivity contribution in [1.82, 2.24) is 24.4 Å². The van der Waals surface area contributed by atoms with Gasteiger partial charge in [-0.25, -0.2) is 27.3 Å². The second kappa shape index (κ2) is 12.8. The lowest BCUT2D eigenvalue weighted by atomic mass is 9.99. The number of anilines is 1. The van der Waals surface area contributed by atoms with Crippen molar-refractivity contribution in [3.8, 4) is 5.69 Å². The van der Waals surface area contributed by atoms with Gasteiger partial charge in [-0.3, -0.25) is 24.1 Å². The predicted molar refractivity (Wildman–Crippen MR) is 161 cm³/mol. The van der Waals surface area contributed by atoms with Crippen LogP contribution in [0.3, 0.4) is 0 Å². The summed E-state index contributed by atoms with van der Waals surface area (Å²) in [6.45, 7) is 1.11. The Balaban J connectivity index is 1.50. The molecule has 0 aliphatic heterocycles. The summed E-state index contributed by atoms with van der Waals surface area (Å²) in [5, 5.41) is 13.9. The van der Waals surface area contributed by atoms with Gasteiger partial charge in [-0.1, -0.05) is 19.1 Å². The molecule has 1 amide bonds. The number of carboxylic acid groups (broad SMARTS) is 1. The van der Waals surface area contributed by atoms with Crippen molar-refractivity contribution in [3.63, 3.8) is 0 Å². The number of carbonyl (C=O) groups excluding carboxylic acids is 1. The number of alkyl halides is 3. The van der Waals surface area contributed by atoms with Gasteiger partial charge in [-0.05, 0) is 30.2 Å². The minimum atomic E-state index is -4.88. The van der Waals surface area contributed by atoms with Crippen LogP contribution in [-0.2, 0) is 18.3 Å². The molecule has 0 radical (unpaired) electrons. The van der Waals surface area contributed by atoms with E-state index in [-0.39, 0.29) is 39.1 Å². The number of aromatic nitrogens is 4. The Morgan fingerprint density at radius 2 is 1.75 bits per heavy atom. The van der Waals surface area contributed by atoms with Gasteiger partial charge in [0.2, 0.25) is 0 Å². The molecule has 0 saturated carbocycles. The molecule has 0 aliphatic carbocycles. The van der Waals surface area contributed by atoms with E-state index in [1.54, 1.807) is 5.32 Å². The summed E-state index contributed by atoms with van der Waals surface area (Å²) in [6.07, 6.45) is -1.90. The Hall–Kier alpha value is -5.74. The number of pyridine rings is 2. The molecule has 0 spiro atoms. The van der Waals surface area contributed by atoms with Gasteiger partial charge in [0.1, 0.15) is 23.5 Å². The predicted octanol–water partition coefficient (Wildman–Crippen LogP) is 4.23. The third-order valence-electron chi connectivity index (χ3n) is 7.70. The summed E-state index contributed by atoms with van der Waals surface area (Å²) < 4.78 is 86.0. The van der Waals surface area contributed by atoms with Gasteiger partial charge >= 0.3 is 17.8 Å². The number of carbonyl (C=O) groups is 2. The number of hydrogen-bond acceptors (Lipinski definition) is 7. The fraction of sp³-hybridized carbons (Fsp3) is 0.226. The van der Waals surface area contributed by atoms with Crippen LogP contribution in [0.2, 0.25) is 0 Å². The number of amides is 1. The molecule has 0 unspecified atom stereocenters. The fourth-order valence-corrected chi connectivity index (χ4v) is 5.24. The zero-order valence-corrected chi connectivity index (χ0v) is 24.9. The van der Waals surface area contributed by atoms with E-state index in [2.05, 4.69) is 9.97 Å². The molecule has 0 saturated heterocycles. The number of fused-ring (bicyclic) bond motifs is 2. The molecule has 11 nitrogen and oxygen atoms in total. The summed E-state index contributed by atoms with van der Waals surface area (Å²) in [6, 6.07) is 3.09. The number of carboxylic acids is 1. The molecular formula is C31H24F6N6O5. The Labute approximate surface area is 265 Å². The molecule has 3 aromatic heterocycles. The lowest BCUT2D eigenvalue weighted by molar-refractivity contribution is -0.143. The molecule has 250 valence electrons. The first-order chi connectivity index (χ1) is 22.6. The minimum absolute atomic E-state index is 0.0544. The fourth-order valence-electron chi connectivity index (χ4n) is 5.24. The van der Waals surface area contributed by atoms with E-state index in [0.29, 0.717) is 0 Å². The molecular weight excluding hydrogens is 650 g/mol. The maximum Gasteiger partial charge on any atom is 0.408 e. The largest absolute Gasteiger partial charge is 0.480 e. The van der Waals surface area contributed by atoms with Crippen LogP contribution >= 0.6 is 0 Å². The van der Waals surface area contributed by atoms with Gasteiger partial charge in [0.05, 0.1) is 34.0 Å². The third kappa shape index (κ3) is 6.05. The number of aliphatic carboxylic acids is 1. The van der Waals surface area contributed by atoms with Gasteiger partial charge in [-0.2, -0.15) is 13.2 Å². The van der Waals surface area contributed by atoms with Crippen LogP contribution in [0.15, 0.2) is 64.6 Å². The van der Waals surface area contributed by atoms with Crippen molar-refractivity contribution in [1.29, 1.82) is 0 Å². The Morgan fingerprint density at radius 3 is 2.42 bits per heavy atom. The van der Waals surface area contributed by atoms with Gasteiger partial charge < -0.3 is 15.7 Å². The molecule has 0 bridgehead atoms. The smallest absolute Gasteiger partial charge is 0.408 e. The highest BCUT2D eigenvalue weighted by atomic mass is 19.4. The highest BCUT2D eigenvalue weighted by molar-refractivity contribution is 5.98. The van der Waals surface area contributed by atoms with E-state index in [1.165, 1.54) is 60.5 Å². The second-order valence-electron chi connectivity index (χ2n) is 10.6. The summed E-state index contributed by atoms with van der Waals surface area (Å²) in [5.41, 5.74) is -3.48. The number of rotatable bonds is 9. The molecule has 3 heterocycles. The first kappa shape index (κ1) is 33.6. The highest BCUT2D eigenvalue weighted by Crippen LogP contribution is 2.30. The molecule has 2 atom stereocenters. The molecule has 3 N–H and O–H groups in total. The van der Waals surface area contributed by atoms with Crippen molar-refractivity contribution in [2.24, 2.45) is 7.05 Å². The molecule has 0 fully saturated rings. The zero-order chi connectivity index (χ0) is 35.1. The topological polar surface area (TPSA) is 148 Å². The average Bonchev–Trinajstić information content (AvgIpc) is 3.04. The zero-order valence-electron chi connectivity index (χ0n) is 24.9. The van der Waals surface area contributed by atoms with Crippen LogP contribution in [0, 0.1) is 17.5 Å². The number of benzene rings is 2. The second-order valence-corrected chi connectivity index (χ2v) is 10.6. The molecule has 2 aromatic carbocycles. The molecule has 48 heavy (non-hydrogen) atoms. The SMILES string of the molecule is CC[C@@H](Nc1cc(F)c(C(=O)N[C@@H](Cc2ccc(-n3c(=O)c4ccncc4n(C)c3=O)c3ncccc23)C(=O)O)c(F)c1F)C(F)(F)F. The molecule has 5 rings (SSSR count). The van der Waals surface area contributed by atoms with Crippen LogP contribution in [0.25, 0.3) is 27.5 Å². The van der Waals surface area contributed by atoms with Gasteiger partial charge in [0, 0.05) is 37.3 Å². The maximum atomic E-state index is 14.9. The van der Waals surface area contributed by atoms with Crippen molar-refractivity contribution in [3.05, 3.63) is 104 Å². The summed E-state index contributed by atoms with van der Waals surface area (Å²) >= 11 is 0. The van der Waals surface area contributed by atoms with Crippen molar-refractivity contribution in [2.45, 2.75) is 38.0 Å². The first-order valence-corrected chi connectivity index (χ1v) is 14.1. The monoisotopic (exact) mass is 674 g/mol. The van der Waals surface area contributed by atoms with Gasteiger partial charge in [-0.15, -0.1) is 0 Å². The van der Waals surface area contributed by atoms with Crippen molar-refractivity contribution >= 4 is 39.4 Å². The highest BCUT2D eigenvalue weighted by Gasteiger charge is 2.39. The maximum absolute atomic E-state index is 14.9. The Kier molecular flexibility index (Phi) is 8.97. The Morgan fingerprint density at radius 1 is 1.02 bits per heavy atom. The Bertz CT molecular complexity index is 2220. The number of hydrogen-bond donors (Lipinski definition) is 3. The lowest BCUT2D eigenvalue weighted by Gasteiger charge is -2.22. The van der Waals surface area contributed by atoms with E-state index in [4.69, 9.17) is 0 Å². The normalized spacial score (nSPS) is 13.0. The minimum Gasteiger partial charge on any atom is -0.480 e.